The van der Waals surface area contributed by atoms with Crippen LogP contribution in [0.5, 0.6) is 0 Å². The zero-order valence-electron chi connectivity index (χ0n) is 11.9. The summed E-state index contributed by atoms with van der Waals surface area (Å²) in [6.45, 7) is 0. The molecule has 1 aromatic rings. The van der Waals surface area contributed by atoms with Crippen molar-refractivity contribution in [2.45, 2.75) is 44.1 Å². The Kier molecular flexibility index (Phi) is 2.73. The largest absolute Gasteiger partial charge is 0.313 e. The van der Waals surface area contributed by atoms with Crippen molar-refractivity contribution in [2.75, 3.05) is 7.05 Å². The van der Waals surface area contributed by atoms with Gasteiger partial charge in [0.1, 0.15) is 0 Å². The van der Waals surface area contributed by atoms with Gasteiger partial charge in [-0.25, -0.2) is 0 Å². The van der Waals surface area contributed by atoms with Crippen LogP contribution in [-0.4, -0.2) is 12.6 Å². The quantitative estimate of drug-likeness (QED) is 0.869. The molecule has 0 saturated heterocycles. The predicted molar refractivity (Wildman–Crippen MR) is 79.0 cm³/mol. The van der Waals surface area contributed by atoms with Gasteiger partial charge < -0.3 is 5.32 Å². The molecule has 0 aliphatic heterocycles. The Hall–Kier alpha value is -0.820. The number of rotatable bonds is 3. The van der Waals surface area contributed by atoms with Crippen LogP contribution < -0.4 is 5.32 Å². The molecule has 1 heteroatoms. The molecule has 1 N–H and O–H groups in total. The van der Waals surface area contributed by atoms with Gasteiger partial charge in [-0.3, -0.25) is 0 Å². The SMILES string of the molecule is CNC1(Cc2ccccc2)C2CC3CC(C2)CC1C3. The second-order valence-corrected chi connectivity index (χ2v) is 7.26. The van der Waals surface area contributed by atoms with Gasteiger partial charge in [0, 0.05) is 5.54 Å². The first-order chi connectivity index (χ1) is 9.30. The molecule has 4 saturated carbocycles. The van der Waals surface area contributed by atoms with Gasteiger partial charge in [-0.1, -0.05) is 30.3 Å². The molecule has 4 bridgehead atoms. The minimum atomic E-state index is 0.398. The highest BCUT2D eigenvalue weighted by Crippen LogP contribution is 2.58. The van der Waals surface area contributed by atoms with Crippen LogP contribution in [0.15, 0.2) is 30.3 Å². The third-order valence-corrected chi connectivity index (χ3v) is 6.40. The number of benzene rings is 1. The molecular weight excluding hydrogens is 230 g/mol. The van der Waals surface area contributed by atoms with E-state index in [0.717, 1.165) is 23.7 Å². The van der Waals surface area contributed by atoms with Gasteiger partial charge in [0.15, 0.2) is 0 Å². The molecule has 4 aliphatic carbocycles. The van der Waals surface area contributed by atoms with Crippen molar-refractivity contribution in [3.63, 3.8) is 0 Å². The highest BCUT2D eigenvalue weighted by Gasteiger charge is 2.56. The molecule has 0 radical (unpaired) electrons. The van der Waals surface area contributed by atoms with Crippen molar-refractivity contribution in [3.8, 4) is 0 Å². The molecule has 0 heterocycles. The zero-order chi connectivity index (χ0) is 12.9. The van der Waals surface area contributed by atoms with Crippen molar-refractivity contribution in [3.05, 3.63) is 35.9 Å². The fourth-order valence-corrected chi connectivity index (χ4v) is 5.74. The molecule has 1 aromatic carbocycles. The van der Waals surface area contributed by atoms with E-state index in [1.54, 1.807) is 0 Å². The highest BCUT2D eigenvalue weighted by molar-refractivity contribution is 5.22. The van der Waals surface area contributed by atoms with Gasteiger partial charge in [0.2, 0.25) is 0 Å². The molecule has 1 nitrogen and oxygen atoms in total. The van der Waals surface area contributed by atoms with Crippen molar-refractivity contribution < 1.29 is 0 Å². The molecule has 0 aromatic heterocycles. The average Bonchev–Trinajstić information content (AvgIpc) is 2.43. The minimum Gasteiger partial charge on any atom is -0.313 e. The summed E-state index contributed by atoms with van der Waals surface area (Å²) in [6.07, 6.45) is 8.72. The molecule has 0 unspecified atom stereocenters. The lowest BCUT2D eigenvalue weighted by Crippen LogP contribution is -2.65. The maximum atomic E-state index is 3.81. The standard InChI is InChI=1S/C18H25N/c1-19-18(12-13-5-3-2-4-6-13)16-8-14-7-15(10-16)11-17(18)9-14/h2-6,14-17,19H,7-12H2,1H3. The Balaban J connectivity index is 1.66. The lowest BCUT2D eigenvalue weighted by molar-refractivity contribution is -0.0703. The number of hydrogen-bond donors (Lipinski definition) is 1. The molecule has 102 valence electrons. The molecule has 5 rings (SSSR count). The van der Waals surface area contributed by atoms with Crippen LogP contribution in [0, 0.1) is 23.7 Å². The molecule has 0 amide bonds. The Morgan fingerprint density at radius 3 is 2.05 bits per heavy atom. The molecule has 0 spiro atoms. The van der Waals surface area contributed by atoms with Crippen LogP contribution in [0.3, 0.4) is 0 Å². The lowest BCUT2D eigenvalue weighted by Gasteiger charge is -2.61. The van der Waals surface area contributed by atoms with E-state index in [4.69, 9.17) is 0 Å². The summed E-state index contributed by atoms with van der Waals surface area (Å²) in [5.41, 5.74) is 1.92. The topological polar surface area (TPSA) is 12.0 Å². The van der Waals surface area contributed by atoms with E-state index < -0.39 is 0 Å². The summed E-state index contributed by atoms with van der Waals surface area (Å²) in [4.78, 5) is 0. The van der Waals surface area contributed by atoms with Crippen LogP contribution in [0.4, 0.5) is 0 Å². The minimum absolute atomic E-state index is 0.398. The first kappa shape index (κ1) is 12.0. The summed E-state index contributed by atoms with van der Waals surface area (Å²) in [6, 6.07) is 11.1. The first-order valence-corrected chi connectivity index (χ1v) is 8.03. The summed E-state index contributed by atoms with van der Waals surface area (Å²) in [5.74, 6) is 3.96. The third-order valence-electron chi connectivity index (χ3n) is 6.40. The number of likely N-dealkylation sites (N-methyl/N-ethyl adjacent to an activating group) is 1. The highest BCUT2D eigenvalue weighted by atomic mass is 15.0. The van der Waals surface area contributed by atoms with Crippen molar-refractivity contribution in [1.29, 1.82) is 0 Å². The molecular formula is C18H25N. The van der Waals surface area contributed by atoms with Gasteiger partial charge in [0.25, 0.3) is 0 Å². The summed E-state index contributed by atoms with van der Waals surface area (Å²) >= 11 is 0. The van der Waals surface area contributed by atoms with Crippen LogP contribution in [0.2, 0.25) is 0 Å². The Morgan fingerprint density at radius 2 is 1.53 bits per heavy atom. The second kappa shape index (κ2) is 4.34. The molecule has 19 heavy (non-hydrogen) atoms. The van der Waals surface area contributed by atoms with Crippen LogP contribution >= 0.6 is 0 Å². The smallest absolute Gasteiger partial charge is 0.0275 e. The zero-order valence-corrected chi connectivity index (χ0v) is 11.9. The third kappa shape index (κ3) is 1.78. The van der Waals surface area contributed by atoms with Crippen LogP contribution in [-0.2, 0) is 6.42 Å². The molecule has 4 aliphatic rings. The maximum Gasteiger partial charge on any atom is 0.0275 e. The maximum absolute atomic E-state index is 3.81. The van der Waals surface area contributed by atoms with Gasteiger partial charge >= 0.3 is 0 Å². The average molecular weight is 255 g/mol. The van der Waals surface area contributed by atoms with Gasteiger partial charge in [-0.15, -0.1) is 0 Å². The monoisotopic (exact) mass is 255 g/mol. The van der Waals surface area contributed by atoms with E-state index in [1.165, 1.54) is 44.1 Å². The van der Waals surface area contributed by atoms with Crippen LogP contribution in [0.25, 0.3) is 0 Å². The fourth-order valence-electron chi connectivity index (χ4n) is 5.74. The van der Waals surface area contributed by atoms with Gasteiger partial charge in [-0.05, 0) is 74.8 Å². The van der Waals surface area contributed by atoms with Crippen molar-refractivity contribution >= 4 is 0 Å². The fraction of sp³-hybridized carbons (Fsp3) is 0.667. The normalized spacial score (nSPS) is 43.6. The summed E-state index contributed by atoms with van der Waals surface area (Å²) < 4.78 is 0. The summed E-state index contributed by atoms with van der Waals surface area (Å²) in [5, 5.41) is 3.81. The second-order valence-electron chi connectivity index (χ2n) is 7.26. The lowest BCUT2D eigenvalue weighted by atomic mass is 9.47. The van der Waals surface area contributed by atoms with Crippen molar-refractivity contribution in [2.24, 2.45) is 23.7 Å². The first-order valence-electron chi connectivity index (χ1n) is 8.03. The van der Waals surface area contributed by atoms with E-state index in [2.05, 4.69) is 42.7 Å². The Morgan fingerprint density at radius 1 is 0.947 bits per heavy atom. The van der Waals surface area contributed by atoms with Crippen molar-refractivity contribution in [1.82, 2.24) is 5.32 Å². The number of hydrogen-bond acceptors (Lipinski definition) is 1. The van der Waals surface area contributed by atoms with E-state index >= 15 is 0 Å². The molecule has 0 atom stereocenters. The predicted octanol–water partition coefficient (Wildman–Crippen LogP) is 3.64. The van der Waals surface area contributed by atoms with E-state index in [0.29, 0.717) is 5.54 Å². The molecule has 4 fully saturated rings. The van der Waals surface area contributed by atoms with Crippen LogP contribution in [0.1, 0.15) is 37.7 Å². The number of nitrogens with one attached hydrogen (secondary N) is 1. The van der Waals surface area contributed by atoms with Gasteiger partial charge in [-0.2, -0.15) is 0 Å². The Labute approximate surface area is 116 Å². The van der Waals surface area contributed by atoms with E-state index in [1.807, 2.05) is 0 Å². The summed E-state index contributed by atoms with van der Waals surface area (Å²) in [7, 11) is 2.21. The van der Waals surface area contributed by atoms with E-state index in [-0.39, 0.29) is 0 Å². The van der Waals surface area contributed by atoms with Gasteiger partial charge in [0.05, 0.1) is 0 Å². The van der Waals surface area contributed by atoms with E-state index in [9.17, 15) is 0 Å². The Bertz CT molecular complexity index is 422.